The maximum absolute atomic E-state index is 5.42. The summed E-state index contributed by atoms with van der Waals surface area (Å²) in [5.74, 6) is 0.940. The van der Waals surface area contributed by atoms with Crippen molar-refractivity contribution in [3.63, 3.8) is 0 Å². The van der Waals surface area contributed by atoms with E-state index >= 15 is 0 Å². The van der Waals surface area contributed by atoms with Gasteiger partial charge in [-0.3, -0.25) is 0 Å². The number of anilines is 1. The lowest BCUT2D eigenvalue weighted by atomic mass is 9.79. The van der Waals surface area contributed by atoms with Gasteiger partial charge < -0.3 is 15.4 Å². The van der Waals surface area contributed by atoms with Gasteiger partial charge in [-0.25, -0.2) is 4.98 Å². The van der Waals surface area contributed by atoms with Gasteiger partial charge in [-0.15, -0.1) is 0 Å². The number of methoxy groups -OCH3 is 1. The van der Waals surface area contributed by atoms with Crippen LogP contribution in [0.3, 0.4) is 0 Å². The molecule has 1 aromatic heterocycles. The van der Waals surface area contributed by atoms with Crippen LogP contribution in [0.1, 0.15) is 18.5 Å². The summed E-state index contributed by atoms with van der Waals surface area (Å²) in [6, 6.07) is 4.05. The maximum atomic E-state index is 5.42. The molecule has 0 spiro atoms. The molecular weight excluding hydrogens is 306 g/mol. The molecule has 1 aliphatic heterocycles. The van der Waals surface area contributed by atoms with E-state index in [-0.39, 0.29) is 5.41 Å². The van der Waals surface area contributed by atoms with Crippen molar-refractivity contribution < 1.29 is 4.74 Å². The SMILES string of the molecule is COCC1(CNc2ccc(Br)c(C)n2)CCNCC1. The number of nitrogens with zero attached hydrogens (tertiary/aromatic N) is 1. The number of pyridine rings is 1. The zero-order valence-electron chi connectivity index (χ0n) is 11.6. The van der Waals surface area contributed by atoms with Crippen molar-refractivity contribution in [1.29, 1.82) is 0 Å². The van der Waals surface area contributed by atoms with E-state index in [9.17, 15) is 0 Å². The molecule has 0 aromatic carbocycles. The Labute approximate surface area is 123 Å². The van der Waals surface area contributed by atoms with Crippen molar-refractivity contribution in [2.24, 2.45) is 5.41 Å². The van der Waals surface area contributed by atoms with Crippen molar-refractivity contribution in [3.05, 3.63) is 22.3 Å². The Hall–Kier alpha value is -0.650. The molecule has 0 radical (unpaired) electrons. The highest BCUT2D eigenvalue weighted by Crippen LogP contribution is 2.29. The first-order valence-electron chi connectivity index (χ1n) is 6.72. The lowest BCUT2D eigenvalue weighted by Crippen LogP contribution is -2.44. The van der Waals surface area contributed by atoms with Crippen LogP contribution in [-0.2, 0) is 4.74 Å². The molecule has 106 valence electrons. The molecule has 1 saturated heterocycles. The zero-order valence-corrected chi connectivity index (χ0v) is 13.2. The van der Waals surface area contributed by atoms with Crippen LogP contribution in [0, 0.1) is 12.3 Å². The Morgan fingerprint density at radius 2 is 2.16 bits per heavy atom. The second kappa shape index (κ2) is 6.68. The van der Waals surface area contributed by atoms with Crippen LogP contribution in [0.25, 0.3) is 0 Å². The average Bonchev–Trinajstić information content (AvgIpc) is 2.42. The highest BCUT2D eigenvalue weighted by Gasteiger charge is 2.31. The number of halogens is 1. The van der Waals surface area contributed by atoms with Gasteiger partial charge in [0.1, 0.15) is 5.82 Å². The standard InChI is InChI=1S/C14H22BrN3O/c1-11-12(15)3-4-13(18-11)17-9-14(10-19-2)5-7-16-8-6-14/h3-4,16H,5-10H2,1-2H3,(H,17,18). The van der Waals surface area contributed by atoms with E-state index in [1.807, 2.05) is 19.1 Å². The van der Waals surface area contributed by atoms with E-state index in [0.29, 0.717) is 0 Å². The van der Waals surface area contributed by atoms with Crippen molar-refractivity contribution >= 4 is 21.7 Å². The van der Waals surface area contributed by atoms with E-state index in [0.717, 1.165) is 55.1 Å². The second-order valence-corrected chi connectivity index (χ2v) is 6.15. The highest BCUT2D eigenvalue weighted by molar-refractivity contribution is 9.10. The van der Waals surface area contributed by atoms with Crippen LogP contribution in [-0.4, -0.2) is 38.3 Å². The summed E-state index contributed by atoms with van der Waals surface area (Å²) < 4.78 is 6.47. The number of aryl methyl sites for hydroxylation is 1. The molecule has 1 aromatic rings. The predicted molar refractivity (Wildman–Crippen MR) is 81.6 cm³/mol. The van der Waals surface area contributed by atoms with Gasteiger partial charge in [-0.05, 0) is 60.9 Å². The average molecular weight is 328 g/mol. The Kier molecular flexibility index (Phi) is 5.19. The molecule has 0 atom stereocenters. The Morgan fingerprint density at radius 3 is 2.79 bits per heavy atom. The number of ether oxygens (including phenoxy) is 1. The Morgan fingerprint density at radius 1 is 1.42 bits per heavy atom. The molecular formula is C14H22BrN3O. The van der Waals surface area contributed by atoms with E-state index < -0.39 is 0 Å². The fourth-order valence-electron chi connectivity index (χ4n) is 2.56. The predicted octanol–water partition coefficient (Wildman–Crippen LogP) is 2.58. The van der Waals surface area contributed by atoms with Crippen LogP contribution in [0.2, 0.25) is 0 Å². The van der Waals surface area contributed by atoms with Gasteiger partial charge in [0.25, 0.3) is 0 Å². The van der Waals surface area contributed by atoms with Crippen LogP contribution in [0.5, 0.6) is 0 Å². The van der Waals surface area contributed by atoms with Gasteiger partial charge in [-0.1, -0.05) is 0 Å². The Bertz CT molecular complexity index is 414. The summed E-state index contributed by atoms with van der Waals surface area (Å²) in [5.41, 5.74) is 1.24. The minimum atomic E-state index is 0.225. The first kappa shape index (κ1) is 14.8. The summed E-state index contributed by atoms with van der Waals surface area (Å²) >= 11 is 3.47. The fourth-order valence-corrected chi connectivity index (χ4v) is 2.78. The van der Waals surface area contributed by atoms with E-state index in [1.165, 1.54) is 0 Å². The Balaban J connectivity index is 1.99. The van der Waals surface area contributed by atoms with Gasteiger partial charge in [0.15, 0.2) is 0 Å². The van der Waals surface area contributed by atoms with Crippen molar-refractivity contribution in [1.82, 2.24) is 10.3 Å². The summed E-state index contributed by atoms with van der Waals surface area (Å²) in [5, 5.41) is 6.88. The van der Waals surface area contributed by atoms with Crippen LogP contribution in [0.15, 0.2) is 16.6 Å². The largest absolute Gasteiger partial charge is 0.384 e. The summed E-state index contributed by atoms with van der Waals surface area (Å²) in [6.45, 7) is 5.86. The van der Waals surface area contributed by atoms with E-state index in [4.69, 9.17) is 4.74 Å². The highest BCUT2D eigenvalue weighted by atomic mass is 79.9. The number of aromatic nitrogens is 1. The zero-order chi connectivity index (χ0) is 13.7. The van der Waals surface area contributed by atoms with Crippen LogP contribution >= 0.6 is 15.9 Å². The molecule has 0 amide bonds. The second-order valence-electron chi connectivity index (χ2n) is 5.30. The molecule has 1 aliphatic rings. The van der Waals surface area contributed by atoms with Gasteiger partial charge in [-0.2, -0.15) is 0 Å². The minimum absolute atomic E-state index is 0.225. The molecule has 2 heterocycles. The van der Waals surface area contributed by atoms with Crippen LogP contribution < -0.4 is 10.6 Å². The van der Waals surface area contributed by atoms with E-state index in [2.05, 4.69) is 31.5 Å². The number of hydrogen-bond acceptors (Lipinski definition) is 4. The summed E-state index contributed by atoms with van der Waals surface area (Å²) in [4.78, 5) is 4.53. The van der Waals surface area contributed by atoms with Gasteiger partial charge in [0.05, 0.1) is 12.3 Å². The molecule has 0 unspecified atom stereocenters. The molecule has 0 saturated carbocycles. The quantitative estimate of drug-likeness (QED) is 0.872. The molecule has 4 nitrogen and oxygen atoms in total. The number of rotatable bonds is 5. The lowest BCUT2D eigenvalue weighted by Gasteiger charge is -2.37. The maximum Gasteiger partial charge on any atom is 0.126 e. The van der Waals surface area contributed by atoms with Crippen molar-refractivity contribution in [2.45, 2.75) is 19.8 Å². The third kappa shape index (κ3) is 3.91. The number of hydrogen-bond donors (Lipinski definition) is 2. The summed E-state index contributed by atoms with van der Waals surface area (Å²) in [7, 11) is 1.78. The van der Waals surface area contributed by atoms with E-state index in [1.54, 1.807) is 7.11 Å². The van der Waals surface area contributed by atoms with Crippen molar-refractivity contribution in [2.75, 3.05) is 38.7 Å². The number of piperidine rings is 1. The smallest absolute Gasteiger partial charge is 0.126 e. The van der Waals surface area contributed by atoms with Gasteiger partial charge in [0, 0.05) is 23.5 Å². The fraction of sp³-hybridized carbons (Fsp3) is 0.643. The first-order chi connectivity index (χ1) is 9.15. The normalized spacial score (nSPS) is 18.3. The van der Waals surface area contributed by atoms with Crippen LogP contribution in [0.4, 0.5) is 5.82 Å². The molecule has 0 aliphatic carbocycles. The monoisotopic (exact) mass is 327 g/mol. The molecule has 1 fully saturated rings. The molecule has 0 bridgehead atoms. The topological polar surface area (TPSA) is 46.2 Å². The third-order valence-electron chi connectivity index (χ3n) is 3.78. The van der Waals surface area contributed by atoms with Gasteiger partial charge in [0.2, 0.25) is 0 Å². The molecule has 2 N–H and O–H groups in total. The first-order valence-corrected chi connectivity index (χ1v) is 7.51. The molecule has 19 heavy (non-hydrogen) atoms. The van der Waals surface area contributed by atoms with Crippen molar-refractivity contribution in [3.8, 4) is 0 Å². The lowest BCUT2D eigenvalue weighted by molar-refractivity contribution is 0.0635. The number of nitrogens with one attached hydrogen (secondary N) is 2. The minimum Gasteiger partial charge on any atom is -0.384 e. The van der Waals surface area contributed by atoms with Gasteiger partial charge >= 0.3 is 0 Å². The third-order valence-corrected chi connectivity index (χ3v) is 4.62. The molecule has 2 rings (SSSR count). The molecule has 5 heteroatoms. The summed E-state index contributed by atoms with van der Waals surface area (Å²) in [6.07, 6.45) is 2.28.